The number of benzene rings is 2. The molecule has 2 aromatic rings. The van der Waals surface area contributed by atoms with E-state index in [2.05, 4.69) is 0 Å². The van der Waals surface area contributed by atoms with Gasteiger partial charge in [0.1, 0.15) is 23.9 Å². The third-order valence-electron chi connectivity index (χ3n) is 5.44. The van der Waals surface area contributed by atoms with Gasteiger partial charge in [0.2, 0.25) is 10.0 Å². The molecule has 1 fully saturated rings. The third-order valence-corrected chi connectivity index (χ3v) is 7.84. The Morgan fingerprint density at radius 2 is 1.76 bits per heavy atom. The number of hydrogen-bond donors (Lipinski definition) is 0. The Morgan fingerprint density at radius 1 is 1.14 bits per heavy atom. The van der Waals surface area contributed by atoms with Crippen molar-refractivity contribution in [1.82, 2.24) is 4.31 Å². The molecule has 156 valence electrons. The zero-order valence-corrected chi connectivity index (χ0v) is 18.0. The first-order chi connectivity index (χ1) is 13.9. The summed E-state index contributed by atoms with van der Waals surface area (Å²) in [6, 6.07) is 10.3. The molecule has 4 rings (SSSR count). The molecule has 1 unspecified atom stereocenters. The maximum Gasteiger partial charge on any atom is 0.245 e. The van der Waals surface area contributed by atoms with Crippen molar-refractivity contribution in [3.05, 3.63) is 47.0 Å². The SMILES string of the molecule is COc1ccc(CN(C(C)C2CC2)S(=O)(=O)c2cc3c(cc2Cl)OCCO3)cc1. The highest BCUT2D eigenvalue weighted by Crippen LogP contribution is 2.42. The Hall–Kier alpha value is -1.96. The summed E-state index contributed by atoms with van der Waals surface area (Å²) in [5, 5.41) is 0.136. The molecule has 1 aliphatic heterocycles. The summed E-state index contributed by atoms with van der Waals surface area (Å²) in [5.74, 6) is 1.96. The minimum Gasteiger partial charge on any atom is -0.497 e. The van der Waals surface area contributed by atoms with Crippen molar-refractivity contribution >= 4 is 21.6 Å². The molecule has 6 nitrogen and oxygen atoms in total. The average molecular weight is 438 g/mol. The van der Waals surface area contributed by atoms with Gasteiger partial charge < -0.3 is 14.2 Å². The first-order valence-corrected chi connectivity index (χ1v) is 11.5. The maximum atomic E-state index is 13.7. The average Bonchev–Trinajstić information content (AvgIpc) is 3.56. The van der Waals surface area contributed by atoms with Crippen molar-refractivity contribution in [1.29, 1.82) is 0 Å². The van der Waals surface area contributed by atoms with Gasteiger partial charge in [0.25, 0.3) is 0 Å². The second-order valence-electron chi connectivity index (χ2n) is 7.40. The summed E-state index contributed by atoms with van der Waals surface area (Å²) in [6.45, 7) is 3.01. The van der Waals surface area contributed by atoms with E-state index < -0.39 is 10.0 Å². The molecule has 2 aromatic carbocycles. The van der Waals surface area contributed by atoms with E-state index in [0.29, 0.717) is 30.6 Å². The van der Waals surface area contributed by atoms with Crippen molar-refractivity contribution in [3.63, 3.8) is 0 Å². The molecule has 8 heteroatoms. The molecular weight excluding hydrogens is 414 g/mol. The zero-order valence-electron chi connectivity index (χ0n) is 16.4. The van der Waals surface area contributed by atoms with Crippen LogP contribution in [0.5, 0.6) is 17.2 Å². The van der Waals surface area contributed by atoms with Crippen LogP contribution in [0.25, 0.3) is 0 Å². The van der Waals surface area contributed by atoms with E-state index in [1.54, 1.807) is 11.4 Å². The molecular formula is C21H24ClNO5S. The molecule has 0 bridgehead atoms. The summed E-state index contributed by atoms with van der Waals surface area (Å²) in [7, 11) is -2.25. The molecule has 0 N–H and O–H groups in total. The predicted octanol–water partition coefficient (Wildman–Crippen LogP) is 4.11. The summed E-state index contributed by atoms with van der Waals surface area (Å²) < 4.78 is 45.2. The molecule has 0 spiro atoms. The van der Waals surface area contributed by atoms with E-state index in [4.69, 9.17) is 25.8 Å². The second-order valence-corrected chi connectivity index (χ2v) is 9.67. The van der Waals surface area contributed by atoms with Crippen molar-refractivity contribution in [3.8, 4) is 17.2 Å². The van der Waals surface area contributed by atoms with Gasteiger partial charge in [-0.2, -0.15) is 4.31 Å². The van der Waals surface area contributed by atoms with Gasteiger partial charge in [-0.3, -0.25) is 0 Å². The summed E-state index contributed by atoms with van der Waals surface area (Å²) >= 11 is 6.37. The summed E-state index contributed by atoms with van der Waals surface area (Å²) in [5.41, 5.74) is 0.885. The first kappa shape index (κ1) is 20.3. The fraction of sp³-hybridized carbons (Fsp3) is 0.429. The van der Waals surface area contributed by atoms with E-state index >= 15 is 0 Å². The normalized spacial score (nSPS) is 17.2. The van der Waals surface area contributed by atoms with Crippen molar-refractivity contribution in [2.75, 3.05) is 20.3 Å². The van der Waals surface area contributed by atoms with Crippen molar-refractivity contribution < 1.29 is 22.6 Å². The topological polar surface area (TPSA) is 65.1 Å². The van der Waals surface area contributed by atoms with Gasteiger partial charge in [0.05, 0.1) is 12.1 Å². The van der Waals surface area contributed by atoms with Gasteiger partial charge in [-0.15, -0.1) is 0 Å². The quantitative estimate of drug-likeness (QED) is 0.652. The highest BCUT2D eigenvalue weighted by atomic mass is 35.5. The molecule has 0 saturated heterocycles. The third kappa shape index (κ3) is 4.17. The highest BCUT2D eigenvalue weighted by molar-refractivity contribution is 7.89. The number of methoxy groups -OCH3 is 1. The van der Waals surface area contributed by atoms with Crippen LogP contribution in [0.4, 0.5) is 0 Å². The minimum absolute atomic E-state index is 0.0458. The smallest absolute Gasteiger partial charge is 0.245 e. The zero-order chi connectivity index (χ0) is 20.6. The van der Waals surface area contributed by atoms with Gasteiger partial charge in [0, 0.05) is 24.7 Å². The molecule has 29 heavy (non-hydrogen) atoms. The van der Waals surface area contributed by atoms with Gasteiger partial charge >= 0.3 is 0 Å². The number of fused-ring (bicyclic) bond motifs is 1. The number of halogens is 1. The summed E-state index contributed by atoms with van der Waals surface area (Å²) in [4.78, 5) is 0.0458. The van der Waals surface area contributed by atoms with E-state index in [0.717, 1.165) is 24.2 Å². The molecule has 2 aliphatic rings. The Bertz CT molecular complexity index is 989. The van der Waals surface area contributed by atoms with Crippen LogP contribution in [0.3, 0.4) is 0 Å². The van der Waals surface area contributed by atoms with Crippen LogP contribution in [0.15, 0.2) is 41.3 Å². The monoisotopic (exact) mass is 437 g/mol. The number of rotatable bonds is 7. The first-order valence-electron chi connectivity index (χ1n) is 9.64. The Morgan fingerprint density at radius 3 is 2.34 bits per heavy atom. The van der Waals surface area contributed by atoms with Crippen LogP contribution >= 0.6 is 11.6 Å². The van der Waals surface area contributed by atoms with Gasteiger partial charge in [-0.25, -0.2) is 8.42 Å². The summed E-state index contributed by atoms with van der Waals surface area (Å²) in [6.07, 6.45) is 2.06. The lowest BCUT2D eigenvalue weighted by Gasteiger charge is -2.29. The maximum absolute atomic E-state index is 13.7. The largest absolute Gasteiger partial charge is 0.497 e. The van der Waals surface area contributed by atoms with E-state index in [9.17, 15) is 8.42 Å². The lowest BCUT2D eigenvalue weighted by molar-refractivity contribution is 0.171. The van der Waals surface area contributed by atoms with Crippen LogP contribution in [-0.2, 0) is 16.6 Å². The molecule has 1 aliphatic carbocycles. The number of hydrogen-bond acceptors (Lipinski definition) is 5. The fourth-order valence-corrected chi connectivity index (χ4v) is 5.73. The Balaban J connectivity index is 1.70. The van der Waals surface area contributed by atoms with Crippen LogP contribution in [0.2, 0.25) is 5.02 Å². The second kappa shape index (κ2) is 8.05. The number of nitrogens with zero attached hydrogens (tertiary/aromatic N) is 1. The molecule has 0 amide bonds. The Kier molecular flexibility index (Phi) is 5.64. The van der Waals surface area contributed by atoms with Crippen LogP contribution in [0.1, 0.15) is 25.3 Å². The van der Waals surface area contributed by atoms with E-state index in [1.165, 1.54) is 12.1 Å². The lowest BCUT2D eigenvalue weighted by atomic mass is 10.1. The van der Waals surface area contributed by atoms with Crippen molar-refractivity contribution in [2.45, 2.75) is 37.2 Å². The Labute approximate surface area is 176 Å². The standard InChI is InChI=1S/C21H24ClNO5S/c1-14(16-5-6-16)23(13-15-3-7-17(26-2)8-4-15)29(24,25)21-12-20-19(11-18(21)22)27-9-10-28-20/h3-4,7-8,11-12,14,16H,5-6,9-10,13H2,1-2H3. The van der Waals surface area contributed by atoms with Crippen LogP contribution in [-0.4, -0.2) is 39.1 Å². The molecule has 0 radical (unpaired) electrons. The van der Waals surface area contributed by atoms with Gasteiger partial charge in [-0.05, 0) is 43.4 Å². The van der Waals surface area contributed by atoms with Gasteiger partial charge in [-0.1, -0.05) is 23.7 Å². The number of sulfonamides is 1. The fourth-order valence-electron chi connectivity index (χ4n) is 3.54. The predicted molar refractivity (Wildman–Crippen MR) is 110 cm³/mol. The number of ether oxygens (including phenoxy) is 3. The highest BCUT2D eigenvalue weighted by Gasteiger charge is 2.39. The molecule has 1 saturated carbocycles. The van der Waals surface area contributed by atoms with Crippen LogP contribution in [0, 0.1) is 5.92 Å². The van der Waals surface area contributed by atoms with E-state index in [1.807, 2.05) is 31.2 Å². The van der Waals surface area contributed by atoms with E-state index in [-0.39, 0.29) is 22.5 Å². The molecule has 1 atom stereocenters. The molecule has 1 heterocycles. The van der Waals surface area contributed by atoms with Crippen LogP contribution < -0.4 is 14.2 Å². The molecule has 0 aromatic heterocycles. The van der Waals surface area contributed by atoms with Crippen molar-refractivity contribution in [2.24, 2.45) is 5.92 Å². The van der Waals surface area contributed by atoms with Gasteiger partial charge in [0.15, 0.2) is 11.5 Å². The lowest BCUT2D eigenvalue weighted by Crippen LogP contribution is -2.39. The minimum atomic E-state index is -3.85.